The number of benzene rings is 1. The van der Waals surface area contributed by atoms with Crippen LogP contribution in [0, 0.1) is 5.82 Å². The van der Waals surface area contributed by atoms with Crippen molar-refractivity contribution in [2.24, 2.45) is 0 Å². The number of hydrogen-bond donors (Lipinski definition) is 1. The Labute approximate surface area is 214 Å². The molecular formula is C25H27FN4O6S. The fourth-order valence-corrected chi connectivity index (χ4v) is 5.45. The molecular weight excluding hydrogens is 503 g/mol. The summed E-state index contributed by atoms with van der Waals surface area (Å²) in [6.07, 6.45) is 5.26. The van der Waals surface area contributed by atoms with Crippen LogP contribution < -0.4 is 13.8 Å². The summed E-state index contributed by atoms with van der Waals surface area (Å²) >= 11 is 0. The predicted molar refractivity (Wildman–Crippen MR) is 134 cm³/mol. The molecule has 2 aromatic heterocycles. The zero-order chi connectivity index (χ0) is 26.6. The van der Waals surface area contributed by atoms with Gasteiger partial charge in [0.1, 0.15) is 17.7 Å². The highest BCUT2D eigenvalue weighted by Crippen LogP contribution is 2.40. The fraction of sp³-hybridized carbons (Fsp3) is 0.320. The smallest absolute Gasteiger partial charge is 0.303 e. The largest absolute Gasteiger partial charge is 0.486 e. The molecule has 0 fully saturated rings. The number of aliphatic carboxylic acids is 1. The van der Waals surface area contributed by atoms with Gasteiger partial charge < -0.3 is 14.6 Å². The number of nitrogens with zero attached hydrogens (tertiary/aromatic N) is 4. The van der Waals surface area contributed by atoms with Gasteiger partial charge in [-0.05, 0) is 56.2 Å². The first kappa shape index (κ1) is 26.1. The molecule has 3 aromatic rings. The molecule has 196 valence electrons. The van der Waals surface area contributed by atoms with E-state index in [4.69, 9.17) is 14.6 Å². The molecule has 1 aliphatic heterocycles. The van der Waals surface area contributed by atoms with Gasteiger partial charge in [0.2, 0.25) is 0 Å². The number of aryl methyl sites for hydroxylation is 1. The molecule has 1 aromatic carbocycles. The maximum atomic E-state index is 14.0. The van der Waals surface area contributed by atoms with Gasteiger partial charge in [0.25, 0.3) is 15.9 Å². The quantitative estimate of drug-likeness (QED) is 0.420. The van der Waals surface area contributed by atoms with Crippen molar-refractivity contribution >= 4 is 33.8 Å². The van der Waals surface area contributed by atoms with Crippen LogP contribution in [0.4, 0.5) is 10.1 Å². The van der Waals surface area contributed by atoms with Crippen LogP contribution in [0.25, 0.3) is 12.2 Å². The van der Waals surface area contributed by atoms with Crippen LogP contribution in [0.5, 0.6) is 11.6 Å². The maximum absolute atomic E-state index is 14.0. The van der Waals surface area contributed by atoms with Crippen molar-refractivity contribution in [3.8, 4) is 11.6 Å². The van der Waals surface area contributed by atoms with Gasteiger partial charge in [0, 0.05) is 25.4 Å². The van der Waals surface area contributed by atoms with E-state index in [0.29, 0.717) is 12.1 Å². The third kappa shape index (κ3) is 5.74. The minimum absolute atomic E-state index is 0.0128. The number of hydrogen-bond acceptors (Lipinski definition) is 7. The number of ether oxygens (including phenoxy) is 2. The van der Waals surface area contributed by atoms with E-state index in [1.54, 1.807) is 31.2 Å². The Morgan fingerprint density at radius 3 is 2.81 bits per heavy atom. The van der Waals surface area contributed by atoms with Crippen LogP contribution >= 0.6 is 0 Å². The molecule has 1 N–H and O–H groups in total. The van der Waals surface area contributed by atoms with Gasteiger partial charge in [-0.2, -0.15) is 0 Å². The third-order valence-electron chi connectivity index (χ3n) is 5.68. The van der Waals surface area contributed by atoms with E-state index in [2.05, 4.69) is 10.1 Å². The van der Waals surface area contributed by atoms with Gasteiger partial charge in [-0.25, -0.2) is 12.8 Å². The number of pyridine rings is 1. The number of halogens is 1. The van der Waals surface area contributed by atoms with Gasteiger partial charge in [-0.15, -0.1) is 5.10 Å². The van der Waals surface area contributed by atoms with Gasteiger partial charge in [0.05, 0.1) is 24.5 Å². The highest BCUT2D eigenvalue weighted by Gasteiger charge is 2.37. The Hall–Kier alpha value is -3.93. The van der Waals surface area contributed by atoms with Crippen molar-refractivity contribution in [3.63, 3.8) is 0 Å². The van der Waals surface area contributed by atoms with Gasteiger partial charge >= 0.3 is 5.97 Å². The van der Waals surface area contributed by atoms with Gasteiger partial charge in [-0.1, -0.05) is 12.1 Å². The topological polar surface area (TPSA) is 124 Å². The van der Waals surface area contributed by atoms with E-state index in [1.807, 2.05) is 6.92 Å². The lowest BCUT2D eigenvalue weighted by atomic mass is 10.1. The Morgan fingerprint density at radius 2 is 2.11 bits per heavy atom. The highest BCUT2D eigenvalue weighted by molar-refractivity contribution is 7.93. The average molecular weight is 531 g/mol. The van der Waals surface area contributed by atoms with E-state index >= 15 is 0 Å². The van der Waals surface area contributed by atoms with Crippen molar-refractivity contribution in [3.05, 3.63) is 59.8 Å². The number of fused-ring (bicyclic) bond motifs is 1. The third-order valence-corrected chi connectivity index (χ3v) is 7.45. The molecule has 0 saturated carbocycles. The predicted octanol–water partition coefficient (Wildman–Crippen LogP) is 3.83. The summed E-state index contributed by atoms with van der Waals surface area (Å²) in [5.74, 6) is -1.22. The van der Waals surface area contributed by atoms with E-state index < -0.39 is 27.9 Å². The van der Waals surface area contributed by atoms with E-state index in [1.165, 1.54) is 39.6 Å². The van der Waals surface area contributed by atoms with Crippen LogP contribution in [-0.2, 0) is 21.4 Å². The normalized spacial score (nSPS) is 15.4. The molecule has 3 heterocycles. The number of carboxylic acids is 1. The molecule has 1 aliphatic rings. The molecule has 0 aliphatic carbocycles. The first-order valence-electron chi connectivity index (χ1n) is 11.8. The molecule has 0 radical (unpaired) electrons. The second kappa shape index (κ2) is 11.0. The van der Waals surface area contributed by atoms with Crippen molar-refractivity contribution in [1.82, 2.24) is 14.8 Å². The molecule has 4 rings (SSSR count). The van der Waals surface area contributed by atoms with Crippen LogP contribution in [-0.4, -0.2) is 53.5 Å². The molecule has 0 saturated heterocycles. The SMILES string of the molecule is CCOc1nn(CC)cc1S(=O)(=O)N1CC(CCC(=O)O)Oc2ccc(C=Cc3ncccc3F)cc21. The van der Waals surface area contributed by atoms with Crippen molar-refractivity contribution in [2.75, 3.05) is 17.5 Å². The zero-order valence-electron chi connectivity index (χ0n) is 20.4. The van der Waals surface area contributed by atoms with Crippen LogP contribution in [0.3, 0.4) is 0 Å². The summed E-state index contributed by atoms with van der Waals surface area (Å²) < 4.78 is 56.0. The molecule has 1 atom stereocenters. The molecule has 0 spiro atoms. The highest BCUT2D eigenvalue weighted by atomic mass is 32.2. The maximum Gasteiger partial charge on any atom is 0.303 e. The lowest BCUT2D eigenvalue weighted by molar-refractivity contribution is -0.137. The number of aromatic nitrogens is 3. The molecule has 37 heavy (non-hydrogen) atoms. The lowest BCUT2D eigenvalue weighted by Crippen LogP contribution is -2.43. The van der Waals surface area contributed by atoms with Crippen LogP contribution in [0.15, 0.2) is 47.6 Å². The number of carbonyl (C=O) groups is 1. The molecule has 10 nitrogen and oxygen atoms in total. The number of anilines is 1. The zero-order valence-corrected chi connectivity index (χ0v) is 21.2. The van der Waals surface area contributed by atoms with Crippen LogP contribution in [0.2, 0.25) is 0 Å². The molecule has 12 heteroatoms. The molecule has 0 bridgehead atoms. The number of sulfonamides is 1. The van der Waals surface area contributed by atoms with Crippen molar-refractivity contribution < 1.29 is 32.2 Å². The Bertz CT molecular complexity index is 1420. The first-order chi connectivity index (χ1) is 17.7. The van der Waals surface area contributed by atoms with E-state index in [-0.39, 0.29) is 53.9 Å². The summed E-state index contributed by atoms with van der Waals surface area (Å²) in [5.41, 5.74) is 0.996. The monoisotopic (exact) mass is 530 g/mol. The Balaban J connectivity index is 1.76. The second-order valence-electron chi connectivity index (χ2n) is 8.23. The Morgan fingerprint density at radius 1 is 1.30 bits per heavy atom. The Kier molecular flexibility index (Phi) is 7.77. The minimum Gasteiger partial charge on any atom is -0.486 e. The summed E-state index contributed by atoms with van der Waals surface area (Å²) in [6, 6.07) is 7.71. The number of rotatable bonds is 10. The van der Waals surface area contributed by atoms with Crippen molar-refractivity contribution in [2.45, 2.75) is 44.2 Å². The summed E-state index contributed by atoms with van der Waals surface area (Å²) in [5, 5.41) is 13.4. The van der Waals surface area contributed by atoms with Gasteiger partial charge in [-0.3, -0.25) is 18.8 Å². The van der Waals surface area contributed by atoms with Gasteiger partial charge in [0.15, 0.2) is 4.90 Å². The van der Waals surface area contributed by atoms with Crippen molar-refractivity contribution in [1.29, 1.82) is 0 Å². The standard InChI is InChI=1S/C25H27FN4O6S/c1-3-29-16-23(25(28-29)35-4-2)37(33,34)30-15-18(9-12-24(31)32)36-22-11-8-17(14-21(22)30)7-10-20-19(26)6-5-13-27-20/h5-8,10-11,13-14,16,18H,3-4,9,12,15H2,1-2H3,(H,31,32). The van der Waals surface area contributed by atoms with E-state index in [0.717, 1.165) is 0 Å². The lowest BCUT2D eigenvalue weighted by Gasteiger charge is -2.35. The average Bonchev–Trinajstić information content (AvgIpc) is 3.30. The second-order valence-corrected chi connectivity index (χ2v) is 10.1. The van der Waals surface area contributed by atoms with E-state index in [9.17, 15) is 17.6 Å². The van der Waals surface area contributed by atoms with Crippen LogP contribution in [0.1, 0.15) is 37.9 Å². The minimum atomic E-state index is -4.18. The first-order valence-corrected chi connectivity index (χ1v) is 13.2. The summed E-state index contributed by atoms with van der Waals surface area (Å²) in [6.45, 7) is 4.12. The molecule has 1 unspecified atom stereocenters. The molecule has 0 amide bonds. The summed E-state index contributed by atoms with van der Waals surface area (Å²) in [4.78, 5) is 15.0. The number of carboxylic acid groups (broad SMARTS) is 1. The summed E-state index contributed by atoms with van der Waals surface area (Å²) in [7, 11) is -4.18. The fourth-order valence-electron chi connectivity index (χ4n) is 3.87.